The minimum absolute atomic E-state index is 0.0206. The van der Waals surface area contributed by atoms with Crippen molar-refractivity contribution in [2.45, 2.75) is 49.5 Å². The maximum absolute atomic E-state index is 13.4. The van der Waals surface area contributed by atoms with E-state index >= 15 is 0 Å². The molecule has 0 spiro atoms. The van der Waals surface area contributed by atoms with Gasteiger partial charge >= 0.3 is 0 Å². The molecule has 1 aromatic carbocycles. The molecule has 12 heteroatoms. The lowest BCUT2D eigenvalue weighted by Crippen LogP contribution is -2.48. The summed E-state index contributed by atoms with van der Waals surface area (Å²) in [5.41, 5.74) is 1.15. The Morgan fingerprint density at radius 2 is 2.03 bits per heavy atom. The zero-order valence-electron chi connectivity index (χ0n) is 23.3. The van der Waals surface area contributed by atoms with Gasteiger partial charge in [0.1, 0.15) is 16.1 Å². The third-order valence-corrected chi connectivity index (χ3v) is 10.0. The third-order valence-electron chi connectivity index (χ3n) is 6.81. The summed E-state index contributed by atoms with van der Waals surface area (Å²) in [5, 5.41) is 14.4. The van der Waals surface area contributed by atoms with Gasteiger partial charge in [0.2, 0.25) is 11.8 Å². The van der Waals surface area contributed by atoms with Gasteiger partial charge in [0.05, 0.1) is 25.6 Å². The van der Waals surface area contributed by atoms with Crippen molar-refractivity contribution in [3.8, 4) is 5.75 Å². The topological polar surface area (TPSA) is 119 Å². The van der Waals surface area contributed by atoms with Crippen LogP contribution in [0.25, 0.3) is 0 Å². The van der Waals surface area contributed by atoms with Crippen LogP contribution in [0.5, 0.6) is 5.75 Å². The zero-order valence-corrected chi connectivity index (χ0v) is 24.9. The molecule has 2 aromatic rings. The molecular weight excluding hydrogens is 540 g/mol. The van der Waals surface area contributed by atoms with E-state index in [0.717, 1.165) is 24.3 Å². The Labute approximate surface area is 235 Å². The average Bonchev–Trinajstić information content (AvgIpc) is 3.43. The summed E-state index contributed by atoms with van der Waals surface area (Å²) < 4.78 is 34.2. The fraction of sp³-hybridized carbons (Fsp3) is 0.556. The molecule has 0 unspecified atom stereocenters. The lowest BCUT2D eigenvalue weighted by molar-refractivity contribution is -0.134. The van der Waals surface area contributed by atoms with E-state index in [0.29, 0.717) is 30.0 Å². The number of anilines is 1. The molecule has 2 N–H and O–H groups in total. The first-order valence-electron chi connectivity index (χ1n) is 13.1. The molecule has 2 amide bonds. The van der Waals surface area contributed by atoms with E-state index in [-0.39, 0.29) is 41.5 Å². The number of nitrogens with one attached hydrogen (secondary N) is 1. The Morgan fingerprint density at radius 3 is 2.67 bits per heavy atom. The lowest BCUT2D eigenvalue weighted by Gasteiger charge is -2.33. The Balaban J connectivity index is 1.89. The van der Waals surface area contributed by atoms with Crippen molar-refractivity contribution in [2.24, 2.45) is 5.92 Å². The van der Waals surface area contributed by atoms with Crippen molar-refractivity contribution < 1.29 is 27.9 Å². The molecule has 216 valence electrons. The molecule has 10 nitrogen and oxygen atoms in total. The van der Waals surface area contributed by atoms with Gasteiger partial charge in [-0.3, -0.25) is 9.59 Å². The fourth-order valence-electron chi connectivity index (χ4n) is 4.42. The molecule has 0 saturated heterocycles. The van der Waals surface area contributed by atoms with Crippen LogP contribution in [0.2, 0.25) is 0 Å². The summed E-state index contributed by atoms with van der Waals surface area (Å²) in [4.78, 5) is 29.5. The average molecular weight is 581 g/mol. The molecule has 0 fully saturated rings. The Kier molecular flexibility index (Phi) is 10.9. The van der Waals surface area contributed by atoms with Crippen LogP contribution in [0.1, 0.15) is 32.3 Å². The van der Waals surface area contributed by atoms with Crippen LogP contribution in [0.4, 0.5) is 5.69 Å². The second-order valence-electron chi connectivity index (χ2n) is 10.4. The number of sulfonamides is 1. The Hall–Kier alpha value is -2.51. The highest BCUT2D eigenvalue weighted by molar-refractivity contribution is 7.91. The van der Waals surface area contributed by atoms with Crippen LogP contribution in [0, 0.1) is 5.92 Å². The number of fused-ring (bicyclic) bond motifs is 1. The van der Waals surface area contributed by atoms with Crippen molar-refractivity contribution in [1.82, 2.24) is 14.1 Å². The predicted molar refractivity (Wildman–Crippen MR) is 153 cm³/mol. The van der Waals surface area contributed by atoms with Gasteiger partial charge in [-0.25, -0.2) is 8.42 Å². The van der Waals surface area contributed by atoms with E-state index < -0.39 is 22.2 Å². The van der Waals surface area contributed by atoms with Gasteiger partial charge in [-0.2, -0.15) is 4.31 Å². The standard InChI is InChI=1S/C27H40N4O6S2/c1-19-16-31(20(2)18-32)26(34)15-21-14-22(28-25(33)8-6-12-29(3)4)10-11-23(21)37-24(19)17-30(5)39(35,36)27-9-7-13-38-27/h7,9-11,13-14,19-20,24,32H,6,8,12,15-18H2,1-5H3,(H,28,33)/t19-,20-,24+/m1/s1. The third kappa shape index (κ3) is 8.24. The maximum atomic E-state index is 13.4. The van der Waals surface area contributed by atoms with Crippen molar-refractivity contribution in [1.29, 1.82) is 0 Å². The van der Waals surface area contributed by atoms with Crippen molar-refractivity contribution >= 4 is 38.9 Å². The molecule has 0 radical (unpaired) electrons. The minimum atomic E-state index is -3.70. The molecule has 3 rings (SSSR count). The summed E-state index contributed by atoms with van der Waals surface area (Å²) in [6, 6.07) is 8.02. The highest BCUT2D eigenvalue weighted by Gasteiger charge is 2.33. The SMILES string of the molecule is C[C@@H]1CN([C@H](C)CO)C(=O)Cc2cc(NC(=O)CCCN(C)C)ccc2O[C@H]1CN(C)S(=O)(=O)c1cccs1. The Morgan fingerprint density at radius 1 is 1.28 bits per heavy atom. The molecule has 0 aliphatic carbocycles. The minimum Gasteiger partial charge on any atom is -0.488 e. The van der Waals surface area contributed by atoms with Crippen LogP contribution >= 0.6 is 11.3 Å². The van der Waals surface area contributed by atoms with Gasteiger partial charge < -0.3 is 25.0 Å². The molecule has 2 heterocycles. The van der Waals surface area contributed by atoms with Gasteiger partial charge in [-0.05, 0) is 63.6 Å². The number of likely N-dealkylation sites (N-methyl/N-ethyl adjacent to an activating group) is 1. The van der Waals surface area contributed by atoms with Crippen LogP contribution in [-0.2, 0) is 26.0 Å². The monoisotopic (exact) mass is 580 g/mol. The number of aliphatic hydroxyl groups is 1. The van der Waals surface area contributed by atoms with Gasteiger partial charge in [0.15, 0.2) is 0 Å². The Bertz CT molecular complexity index is 1220. The van der Waals surface area contributed by atoms with Crippen molar-refractivity contribution in [3.63, 3.8) is 0 Å². The predicted octanol–water partition coefficient (Wildman–Crippen LogP) is 2.50. The first-order valence-corrected chi connectivity index (χ1v) is 15.4. The molecule has 3 atom stereocenters. The van der Waals surface area contributed by atoms with Crippen molar-refractivity contribution in [2.75, 3.05) is 52.7 Å². The number of aliphatic hydroxyl groups excluding tert-OH is 1. The molecule has 0 saturated carbocycles. The number of thiophene rings is 1. The molecule has 1 aliphatic heterocycles. The molecule has 0 bridgehead atoms. The normalized spacial score (nSPS) is 19.2. The number of amides is 2. The van der Waals surface area contributed by atoms with Gasteiger partial charge in [-0.1, -0.05) is 13.0 Å². The lowest BCUT2D eigenvalue weighted by atomic mass is 10.0. The fourth-order valence-corrected chi connectivity index (χ4v) is 6.80. The van der Waals surface area contributed by atoms with E-state index in [1.54, 1.807) is 47.5 Å². The van der Waals surface area contributed by atoms with Crippen LogP contribution in [-0.4, -0.2) is 99.0 Å². The van der Waals surface area contributed by atoms with E-state index in [1.165, 1.54) is 11.4 Å². The number of hydrogen-bond acceptors (Lipinski definition) is 8. The molecule has 39 heavy (non-hydrogen) atoms. The number of rotatable bonds is 11. The van der Waals surface area contributed by atoms with E-state index in [4.69, 9.17) is 4.74 Å². The van der Waals surface area contributed by atoms with Crippen LogP contribution < -0.4 is 10.1 Å². The van der Waals surface area contributed by atoms with E-state index in [1.807, 2.05) is 25.9 Å². The van der Waals surface area contributed by atoms with Gasteiger partial charge in [-0.15, -0.1) is 11.3 Å². The van der Waals surface area contributed by atoms with E-state index in [2.05, 4.69) is 5.32 Å². The number of hydrogen-bond donors (Lipinski definition) is 2. The highest BCUT2D eigenvalue weighted by Crippen LogP contribution is 2.30. The first-order chi connectivity index (χ1) is 18.4. The van der Waals surface area contributed by atoms with Gasteiger partial charge in [0, 0.05) is 37.2 Å². The largest absolute Gasteiger partial charge is 0.488 e. The molecule has 1 aliphatic rings. The van der Waals surface area contributed by atoms with E-state index in [9.17, 15) is 23.1 Å². The van der Waals surface area contributed by atoms with Gasteiger partial charge in [0.25, 0.3) is 10.0 Å². The quantitative estimate of drug-likeness (QED) is 0.419. The molecular formula is C27H40N4O6S2. The van der Waals surface area contributed by atoms with Crippen LogP contribution in [0.3, 0.4) is 0 Å². The summed E-state index contributed by atoms with van der Waals surface area (Å²) >= 11 is 1.15. The summed E-state index contributed by atoms with van der Waals surface area (Å²) in [7, 11) is 1.73. The maximum Gasteiger partial charge on any atom is 0.252 e. The number of benzene rings is 1. The highest BCUT2D eigenvalue weighted by atomic mass is 32.2. The second kappa shape index (κ2) is 13.7. The smallest absolute Gasteiger partial charge is 0.252 e. The summed E-state index contributed by atoms with van der Waals surface area (Å²) in [5.74, 6) is -0.0744. The number of ether oxygens (including phenoxy) is 1. The molecule has 1 aromatic heterocycles. The first kappa shape index (κ1) is 31.0. The number of nitrogens with zero attached hydrogens (tertiary/aromatic N) is 3. The van der Waals surface area contributed by atoms with Crippen molar-refractivity contribution in [3.05, 3.63) is 41.3 Å². The summed E-state index contributed by atoms with van der Waals surface area (Å²) in [6.07, 6.45) is 0.541. The number of carbonyl (C=O) groups excluding carboxylic acids is 2. The van der Waals surface area contributed by atoms with Crippen LogP contribution in [0.15, 0.2) is 39.9 Å². The second-order valence-corrected chi connectivity index (χ2v) is 13.6. The number of carbonyl (C=O) groups is 2. The summed E-state index contributed by atoms with van der Waals surface area (Å²) in [6.45, 7) is 4.65. The zero-order chi connectivity index (χ0) is 28.7.